The smallest absolute Gasteiger partial charge is 0.289 e. The predicted molar refractivity (Wildman–Crippen MR) is 123 cm³/mol. The molecule has 0 N–H and O–H groups in total. The molecule has 1 fully saturated rings. The number of carbonyl (C=O) groups excluding carboxylic acids is 2. The lowest BCUT2D eigenvalue weighted by Gasteiger charge is -2.32. The van der Waals surface area contributed by atoms with Crippen molar-refractivity contribution in [2.45, 2.75) is 20.0 Å². The van der Waals surface area contributed by atoms with E-state index in [2.05, 4.69) is 11.8 Å². The van der Waals surface area contributed by atoms with E-state index >= 15 is 0 Å². The SMILES string of the molecule is CC(=O)c1ccc(OCC2CN(C(=O)c3ccc(C#Cc4ccccc4)o3)CCO2)cc1C. The van der Waals surface area contributed by atoms with Gasteiger partial charge in [-0.05, 0) is 67.8 Å². The molecule has 4 rings (SSSR count). The van der Waals surface area contributed by atoms with Crippen LogP contribution in [-0.4, -0.2) is 49.0 Å². The zero-order valence-corrected chi connectivity index (χ0v) is 18.7. The van der Waals surface area contributed by atoms with Crippen LogP contribution < -0.4 is 4.74 Å². The number of ether oxygens (including phenoxy) is 2. The third-order valence-electron chi connectivity index (χ3n) is 5.36. The van der Waals surface area contributed by atoms with Gasteiger partial charge in [0.15, 0.2) is 17.3 Å². The van der Waals surface area contributed by atoms with Gasteiger partial charge in [-0.2, -0.15) is 0 Å². The number of nitrogens with zero attached hydrogens (tertiary/aromatic N) is 1. The number of Topliss-reactive ketones (excluding diaryl/α,β-unsaturated/α-hetero) is 1. The van der Waals surface area contributed by atoms with E-state index in [1.54, 1.807) is 36.1 Å². The van der Waals surface area contributed by atoms with Crippen molar-refractivity contribution in [3.8, 4) is 17.6 Å². The molecular formula is C27H25NO5. The standard InChI is InChI=1S/C27H25NO5/c1-19-16-23(10-12-25(19)20(2)29)32-18-24-17-28(14-15-31-24)27(30)26-13-11-22(33-26)9-8-21-6-4-3-5-7-21/h3-7,10-13,16,24H,14-15,17-18H2,1-2H3. The van der Waals surface area contributed by atoms with E-state index in [1.165, 1.54) is 0 Å². The summed E-state index contributed by atoms with van der Waals surface area (Å²) in [6.45, 7) is 5.02. The van der Waals surface area contributed by atoms with Gasteiger partial charge in [-0.15, -0.1) is 0 Å². The molecule has 168 valence electrons. The van der Waals surface area contributed by atoms with E-state index in [-0.39, 0.29) is 23.6 Å². The van der Waals surface area contributed by atoms with Crippen LogP contribution in [0.15, 0.2) is 65.1 Å². The lowest BCUT2D eigenvalue weighted by Crippen LogP contribution is -2.47. The van der Waals surface area contributed by atoms with Crippen molar-refractivity contribution < 1.29 is 23.5 Å². The maximum atomic E-state index is 12.9. The van der Waals surface area contributed by atoms with Crippen LogP contribution in [0.2, 0.25) is 0 Å². The molecule has 1 saturated heterocycles. The first-order valence-electron chi connectivity index (χ1n) is 10.8. The van der Waals surface area contributed by atoms with E-state index in [1.807, 2.05) is 43.3 Å². The summed E-state index contributed by atoms with van der Waals surface area (Å²) in [5.74, 6) is 7.16. The maximum Gasteiger partial charge on any atom is 0.289 e. The summed E-state index contributed by atoms with van der Waals surface area (Å²) in [6, 6.07) is 18.3. The Balaban J connectivity index is 1.34. The van der Waals surface area contributed by atoms with Gasteiger partial charge in [0.1, 0.15) is 18.5 Å². The van der Waals surface area contributed by atoms with Gasteiger partial charge in [-0.3, -0.25) is 9.59 Å². The molecule has 0 aliphatic carbocycles. The number of aryl methyl sites for hydroxylation is 1. The topological polar surface area (TPSA) is 69.0 Å². The summed E-state index contributed by atoms with van der Waals surface area (Å²) >= 11 is 0. The second-order valence-electron chi connectivity index (χ2n) is 7.87. The average Bonchev–Trinajstić information content (AvgIpc) is 3.31. The number of rotatable bonds is 5. The van der Waals surface area contributed by atoms with Crippen molar-refractivity contribution in [1.82, 2.24) is 4.90 Å². The molecule has 3 aromatic rings. The molecule has 2 heterocycles. The number of ketones is 1. The van der Waals surface area contributed by atoms with Crippen LogP contribution in [0.4, 0.5) is 0 Å². The molecule has 6 heteroatoms. The van der Waals surface area contributed by atoms with Crippen molar-refractivity contribution in [2.75, 3.05) is 26.3 Å². The molecular weight excluding hydrogens is 418 g/mol. The predicted octanol–water partition coefficient (Wildman–Crippen LogP) is 4.11. The quantitative estimate of drug-likeness (QED) is 0.439. The Bertz CT molecular complexity index is 1200. The molecule has 6 nitrogen and oxygen atoms in total. The zero-order valence-electron chi connectivity index (χ0n) is 18.7. The third kappa shape index (κ3) is 5.71. The maximum absolute atomic E-state index is 12.9. The van der Waals surface area contributed by atoms with Gasteiger partial charge < -0.3 is 18.8 Å². The minimum absolute atomic E-state index is 0.0240. The van der Waals surface area contributed by atoms with Crippen molar-refractivity contribution in [1.29, 1.82) is 0 Å². The highest BCUT2D eigenvalue weighted by molar-refractivity contribution is 5.95. The van der Waals surface area contributed by atoms with Crippen LogP contribution in [0, 0.1) is 18.8 Å². The van der Waals surface area contributed by atoms with E-state index in [4.69, 9.17) is 13.9 Å². The van der Waals surface area contributed by atoms with Gasteiger partial charge in [0.2, 0.25) is 0 Å². The van der Waals surface area contributed by atoms with E-state index < -0.39 is 0 Å². The molecule has 1 amide bonds. The van der Waals surface area contributed by atoms with E-state index in [0.29, 0.717) is 43.4 Å². The third-order valence-corrected chi connectivity index (χ3v) is 5.36. The summed E-state index contributed by atoms with van der Waals surface area (Å²) in [5.41, 5.74) is 2.42. The summed E-state index contributed by atoms with van der Waals surface area (Å²) in [6.07, 6.45) is -0.261. The first-order chi connectivity index (χ1) is 16.0. The summed E-state index contributed by atoms with van der Waals surface area (Å²) in [7, 11) is 0. The second-order valence-corrected chi connectivity index (χ2v) is 7.87. The number of hydrogen-bond acceptors (Lipinski definition) is 5. The molecule has 1 unspecified atom stereocenters. The first kappa shape index (κ1) is 22.4. The van der Waals surface area contributed by atoms with Crippen LogP contribution in [0.3, 0.4) is 0 Å². The van der Waals surface area contributed by atoms with E-state index in [0.717, 1.165) is 11.1 Å². The molecule has 1 aromatic heterocycles. The van der Waals surface area contributed by atoms with Crippen LogP contribution >= 0.6 is 0 Å². The van der Waals surface area contributed by atoms with Crippen LogP contribution in [0.25, 0.3) is 0 Å². The number of morpholine rings is 1. The highest BCUT2D eigenvalue weighted by atomic mass is 16.5. The number of furan rings is 1. The Hall–Kier alpha value is -3.82. The molecule has 1 aliphatic heterocycles. The Morgan fingerprint density at radius 1 is 1.09 bits per heavy atom. The van der Waals surface area contributed by atoms with Crippen LogP contribution in [0.5, 0.6) is 5.75 Å². The average molecular weight is 443 g/mol. The van der Waals surface area contributed by atoms with Gasteiger partial charge in [0.25, 0.3) is 5.91 Å². The number of benzene rings is 2. The zero-order chi connectivity index (χ0) is 23.2. The van der Waals surface area contributed by atoms with Gasteiger partial charge in [-0.25, -0.2) is 0 Å². The molecule has 0 bridgehead atoms. The Morgan fingerprint density at radius 2 is 1.91 bits per heavy atom. The number of hydrogen-bond donors (Lipinski definition) is 0. The molecule has 0 radical (unpaired) electrons. The van der Waals surface area contributed by atoms with E-state index in [9.17, 15) is 9.59 Å². The van der Waals surface area contributed by atoms with Crippen LogP contribution in [-0.2, 0) is 4.74 Å². The molecule has 1 atom stereocenters. The van der Waals surface area contributed by atoms with Gasteiger partial charge >= 0.3 is 0 Å². The van der Waals surface area contributed by atoms with Gasteiger partial charge in [-0.1, -0.05) is 24.1 Å². The van der Waals surface area contributed by atoms with Crippen molar-refractivity contribution >= 4 is 11.7 Å². The monoisotopic (exact) mass is 443 g/mol. The fourth-order valence-corrected chi connectivity index (χ4v) is 3.65. The molecule has 33 heavy (non-hydrogen) atoms. The Labute approximate surface area is 193 Å². The molecule has 2 aromatic carbocycles. The fourth-order valence-electron chi connectivity index (χ4n) is 3.65. The largest absolute Gasteiger partial charge is 0.491 e. The summed E-state index contributed by atoms with van der Waals surface area (Å²) < 4.78 is 17.3. The molecule has 0 spiro atoms. The summed E-state index contributed by atoms with van der Waals surface area (Å²) in [4.78, 5) is 26.2. The molecule has 1 aliphatic rings. The highest BCUT2D eigenvalue weighted by Gasteiger charge is 2.27. The summed E-state index contributed by atoms with van der Waals surface area (Å²) in [5, 5.41) is 0. The minimum atomic E-state index is -0.261. The number of carbonyl (C=O) groups is 2. The lowest BCUT2D eigenvalue weighted by molar-refractivity contribution is -0.0408. The number of amides is 1. The van der Waals surface area contributed by atoms with Crippen molar-refractivity contribution in [2.24, 2.45) is 0 Å². The van der Waals surface area contributed by atoms with Gasteiger partial charge in [0.05, 0.1) is 13.2 Å². The Kier molecular flexibility index (Phi) is 6.92. The van der Waals surface area contributed by atoms with Crippen molar-refractivity contribution in [3.05, 3.63) is 88.9 Å². The first-order valence-corrected chi connectivity index (χ1v) is 10.8. The highest BCUT2D eigenvalue weighted by Crippen LogP contribution is 2.19. The minimum Gasteiger partial charge on any atom is -0.491 e. The normalized spacial score (nSPS) is 15.5. The Morgan fingerprint density at radius 3 is 2.67 bits per heavy atom. The van der Waals surface area contributed by atoms with Gasteiger partial charge in [0, 0.05) is 17.7 Å². The van der Waals surface area contributed by atoms with Crippen LogP contribution in [0.1, 0.15) is 44.7 Å². The van der Waals surface area contributed by atoms with Crippen molar-refractivity contribution in [3.63, 3.8) is 0 Å². The second kappa shape index (κ2) is 10.2. The lowest BCUT2D eigenvalue weighted by atomic mass is 10.1. The molecule has 0 saturated carbocycles. The fraction of sp³-hybridized carbons (Fsp3) is 0.259.